The second-order valence-corrected chi connectivity index (χ2v) is 7.08. The molecule has 0 saturated heterocycles. The van der Waals surface area contributed by atoms with Crippen LogP contribution in [-0.2, 0) is 7.05 Å². The Balaban J connectivity index is 2.05. The first-order valence-electron chi connectivity index (χ1n) is 8.31. The van der Waals surface area contributed by atoms with Crippen LogP contribution in [-0.4, -0.2) is 21.8 Å². The molecule has 0 fully saturated rings. The second kappa shape index (κ2) is 8.00. The number of Topliss-reactive ketones (excluding diaryl/α,β-unsaturated/α-hetero) is 1. The molecule has 0 aliphatic heterocycles. The van der Waals surface area contributed by atoms with Crippen molar-refractivity contribution in [2.24, 2.45) is 7.05 Å². The summed E-state index contributed by atoms with van der Waals surface area (Å²) in [5.74, 6) is -0.710. The molecule has 10 heteroatoms. The molecular formula is C19H15N6O3S+. The number of aromatic nitrogens is 3. The molecule has 0 radical (unpaired) electrons. The van der Waals surface area contributed by atoms with Crippen LogP contribution in [0.15, 0.2) is 38.6 Å². The van der Waals surface area contributed by atoms with Crippen molar-refractivity contribution < 1.29 is 14.0 Å². The van der Waals surface area contributed by atoms with E-state index in [1.54, 1.807) is 12.1 Å². The third-order valence-electron chi connectivity index (χ3n) is 4.16. The topological polar surface area (TPSA) is 153 Å². The monoisotopic (exact) mass is 407 g/mol. The lowest BCUT2D eigenvalue weighted by molar-refractivity contribution is -0.741. The molecule has 0 bridgehead atoms. The number of carbonyl (C=O) groups excluding carboxylic acids is 1. The molecule has 0 aliphatic rings. The van der Waals surface area contributed by atoms with Crippen molar-refractivity contribution in [2.45, 2.75) is 11.9 Å². The fourth-order valence-electron chi connectivity index (χ4n) is 2.76. The molecule has 144 valence electrons. The number of aromatic amines is 1. The molecule has 2 aromatic heterocycles. The first-order chi connectivity index (χ1) is 13.9. The zero-order valence-corrected chi connectivity index (χ0v) is 16.3. The molecule has 0 unspecified atom stereocenters. The molecular weight excluding hydrogens is 392 g/mol. The molecule has 0 amide bonds. The highest BCUT2D eigenvalue weighted by molar-refractivity contribution is 8.00. The van der Waals surface area contributed by atoms with E-state index < -0.39 is 11.4 Å². The van der Waals surface area contributed by atoms with Gasteiger partial charge < -0.3 is 5.73 Å². The molecule has 0 spiro atoms. The maximum atomic E-state index is 12.4. The minimum atomic E-state index is -0.786. The summed E-state index contributed by atoms with van der Waals surface area (Å²) in [7, 11) is 1.47. The second-order valence-electron chi connectivity index (χ2n) is 6.12. The molecule has 0 saturated carbocycles. The number of nitrogen functional groups attached to an aromatic ring is 1. The summed E-state index contributed by atoms with van der Waals surface area (Å²) in [4.78, 5) is 28.2. The fraction of sp³-hybridized carbons (Fsp3) is 0.158. The Bertz CT molecular complexity index is 1250. The molecule has 0 atom stereocenters. The van der Waals surface area contributed by atoms with Gasteiger partial charge in [0.15, 0.2) is 7.05 Å². The van der Waals surface area contributed by atoms with Gasteiger partial charge in [0.25, 0.3) is 0 Å². The quantitative estimate of drug-likeness (QED) is 0.366. The van der Waals surface area contributed by atoms with E-state index in [-0.39, 0.29) is 33.4 Å². The van der Waals surface area contributed by atoms with E-state index in [1.165, 1.54) is 11.7 Å². The largest absolute Gasteiger partial charge is 0.438 e. The van der Waals surface area contributed by atoms with E-state index in [0.29, 0.717) is 11.1 Å². The Morgan fingerprint density at radius 2 is 1.93 bits per heavy atom. The normalized spacial score (nSPS) is 10.3. The summed E-state index contributed by atoms with van der Waals surface area (Å²) >= 11 is 0.960. The Kier molecular flexibility index (Phi) is 5.48. The summed E-state index contributed by atoms with van der Waals surface area (Å²) in [5.41, 5.74) is 7.28. The van der Waals surface area contributed by atoms with Crippen molar-refractivity contribution in [2.75, 3.05) is 11.5 Å². The van der Waals surface area contributed by atoms with Gasteiger partial charge in [-0.2, -0.15) is 10.5 Å². The molecule has 3 rings (SSSR count). The lowest BCUT2D eigenvalue weighted by Crippen LogP contribution is -2.39. The van der Waals surface area contributed by atoms with Gasteiger partial charge in [0.05, 0.1) is 11.3 Å². The number of rotatable bonds is 5. The number of nitriles is 2. The van der Waals surface area contributed by atoms with Crippen molar-refractivity contribution in [1.29, 1.82) is 10.5 Å². The van der Waals surface area contributed by atoms with Gasteiger partial charge in [0.2, 0.25) is 5.78 Å². The molecule has 2 heterocycles. The number of pyridine rings is 1. The summed E-state index contributed by atoms with van der Waals surface area (Å²) in [6.07, 6.45) is 0. The minimum Gasteiger partial charge on any atom is -0.383 e. The smallest absolute Gasteiger partial charge is 0.383 e. The van der Waals surface area contributed by atoms with Gasteiger partial charge in [-0.05, 0) is 17.8 Å². The number of carbonyl (C=O) groups is 1. The number of nitrogens with zero attached hydrogens (tertiary/aromatic N) is 4. The first kappa shape index (κ1) is 19.9. The number of H-pyrrole nitrogens is 1. The molecule has 9 nitrogen and oxygen atoms in total. The van der Waals surface area contributed by atoms with Crippen LogP contribution in [0.1, 0.15) is 27.2 Å². The number of nitrogens with one attached hydrogen (secondary N) is 1. The third-order valence-corrected chi connectivity index (χ3v) is 5.14. The summed E-state index contributed by atoms with van der Waals surface area (Å²) < 4.78 is 5.75. The maximum absolute atomic E-state index is 12.4. The Morgan fingerprint density at radius 3 is 2.48 bits per heavy atom. The van der Waals surface area contributed by atoms with Crippen molar-refractivity contribution in [1.82, 2.24) is 10.3 Å². The predicted octanol–water partition coefficient (Wildman–Crippen LogP) is 1.46. The highest BCUT2D eigenvalue weighted by atomic mass is 32.2. The molecule has 0 aliphatic carbocycles. The van der Waals surface area contributed by atoms with Gasteiger partial charge in [-0.3, -0.25) is 9.32 Å². The number of nitrogens with two attached hydrogens (primary N) is 1. The highest BCUT2D eigenvalue weighted by Crippen LogP contribution is 2.35. The van der Waals surface area contributed by atoms with E-state index in [1.807, 2.05) is 25.1 Å². The number of ketones is 1. The SMILES string of the molecule is Cc1ccc(-c2c(C#N)c(N)nc(SCC(=O)c3c(=O)o[nH][n+]3C)c2C#N)cc1. The summed E-state index contributed by atoms with van der Waals surface area (Å²) in [5, 5.41) is 21.8. The van der Waals surface area contributed by atoms with Crippen LogP contribution < -0.4 is 16.0 Å². The number of anilines is 1. The Labute approximate surface area is 169 Å². The number of benzene rings is 1. The lowest BCUT2D eigenvalue weighted by Gasteiger charge is -2.12. The molecule has 29 heavy (non-hydrogen) atoms. The van der Waals surface area contributed by atoms with Crippen LogP contribution in [0.3, 0.4) is 0 Å². The van der Waals surface area contributed by atoms with E-state index in [0.717, 1.165) is 17.3 Å². The van der Waals surface area contributed by atoms with E-state index in [4.69, 9.17) is 5.73 Å². The average molecular weight is 407 g/mol. The Hall–Kier alpha value is -3.89. The third kappa shape index (κ3) is 3.74. The maximum Gasteiger partial charge on any atom is 0.438 e. The zero-order valence-electron chi connectivity index (χ0n) is 15.5. The van der Waals surface area contributed by atoms with Crippen molar-refractivity contribution >= 4 is 23.4 Å². The van der Waals surface area contributed by atoms with Gasteiger partial charge in [0.1, 0.15) is 28.5 Å². The summed E-state index contributed by atoms with van der Waals surface area (Å²) in [6, 6.07) is 11.4. The number of aryl methyl sites for hydroxylation is 2. The van der Waals surface area contributed by atoms with Gasteiger partial charge in [-0.15, -0.1) is 0 Å². The van der Waals surface area contributed by atoms with Gasteiger partial charge in [-0.25, -0.2) is 9.78 Å². The average Bonchev–Trinajstić information content (AvgIpc) is 3.04. The standard InChI is InChI=1S/C19H14N6O3S/c1-10-3-5-11(6-4-10)15-12(7-20)17(22)23-18(13(15)8-21)29-9-14(26)16-19(27)28-24-25(16)2/h3-6H,9H2,1-2H3,(H2-,22,23,24,26,27)/p+1. The number of thioether (sulfide) groups is 1. The Morgan fingerprint density at radius 1 is 1.28 bits per heavy atom. The highest BCUT2D eigenvalue weighted by Gasteiger charge is 2.27. The van der Waals surface area contributed by atoms with Crippen molar-refractivity contribution in [3.63, 3.8) is 0 Å². The van der Waals surface area contributed by atoms with Crippen LogP contribution in [0.4, 0.5) is 5.82 Å². The van der Waals surface area contributed by atoms with Crippen LogP contribution in [0.25, 0.3) is 11.1 Å². The number of hydrogen-bond donors (Lipinski definition) is 2. The van der Waals surface area contributed by atoms with Gasteiger partial charge in [-0.1, -0.05) is 46.3 Å². The number of hydrogen-bond acceptors (Lipinski definition) is 8. The van der Waals surface area contributed by atoms with Crippen LogP contribution in [0.2, 0.25) is 0 Å². The molecule has 3 N–H and O–H groups in total. The molecule has 1 aromatic carbocycles. The fourth-order valence-corrected chi connectivity index (χ4v) is 3.61. The van der Waals surface area contributed by atoms with E-state index >= 15 is 0 Å². The predicted molar refractivity (Wildman–Crippen MR) is 104 cm³/mol. The zero-order chi connectivity index (χ0) is 21.1. The lowest BCUT2D eigenvalue weighted by atomic mass is 9.96. The van der Waals surface area contributed by atoms with Gasteiger partial charge in [0, 0.05) is 5.56 Å². The van der Waals surface area contributed by atoms with Crippen LogP contribution in [0.5, 0.6) is 0 Å². The van der Waals surface area contributed by atoms with Crippen molar-refractivity contribution in [3.8, 4) is 23.3 Å². The summed E-state index contributed by atoms with van der Waals surface area (Å²) in [6.45, 7) is 1.92. The van der Waals surface area contributed by atoms with Crippen LogP contribution in [0, 0.1) is 29.6 Å². The van der Waals surface area contributed by atoms with Gasteiger partial charge >= 0.3 is 11.3 Å². The first-order valence-corrected chi connectivity index (χ1v) is 9.30. The minimum absolute atomic E-state index is 0.0382. The van der Waals surface area contributed by atoms with Crippen molar-refractivity contribution in [3.05, 3.63) is 57.1 Å². The van der Waals surface area contributed by atoms with E-state index in [2.05, 4.69) is 20.8 Å². The van der Waals surface area contributed by atoms with Crippen LogP contribution >= 0.6 is 11.8 Å². The van der Waals surface area contributed by atoms with E-state index in [9.17, 15) is 20.1 Å². The molecule has 3 aromatic rings.